The number of carbonyl (C=O) groups excluding carboxylic acids is 1. The molecule has 4 rings (SSSR count). The second-order valence-corrected chi connectivity index (χ2v) is 7.83. The number of fused-ring (bicyclic) bond motifs is 1. The Labute approximate surface area is 183 Å². The molecule has 0 aliphatic rings. The summed E-state index contributed by atoms with van der Waals surface area (Å²) < 4.78 is 1.54. The van der Waals surface area contributed by atoms with Crippen molar-refractivity contribution in [3.05, 3.63) is 88.5 Å². The van der Waals surface area contributed by atoms with E-state index in [2.05, 4.69) is 27.2 Å². The summed E-state index contributed by atoms with van der Waals surface area (Å²) in [5, 5.41) is 3.31. The summed E-state index contributed by atoms with van der Waals surface area (Å²) >= 11 is 1.20. The lowest BCUT2D eigenvalue weighted by Crippen LogP contribution is -2.25. The van der Waals surface area contributed by atoms with Crippen molar-refractivity contribution in [3.8, 4) is 0 Å². The maximum atomic E-state index is 13.1. The van der Waals surface area contributed by atoms with Gasteiger partial charge in [0, 0.05) is 18.1 Å². The van der Waals surface area contributed by atoms with Gasteiger partial charge in [0.15, 0.2) is 16.3 Å². The van der Waals surface area contributed by atoms with E-state index >= 15 is 0 Å². The number of rotatable bonds is 7. The summed E-state index contributed by atoms with van der Waals surface area (Å²) in [7, 11) is 0. The SMILES string of the molecule is CCc1ccc(NC(=O)CSc2nc3nccnc3c(=O)n2Cc2ccccc2)cc1. The molecule has 2 aromatic carbocycles. The number of hydrogen-bond donors (Lipinski definition) is 1. The second-order valence-electron chi connectivity index (χ2n) is 6.89. The Morgan fingerprint density at radius 3 is 2.48 bits per heavy atom. The molecule has 2 aromatic heterocycles. The fourth-order valence-electron chi connectivity index (χ4n) is 3.10. The van der Waals surface area contributed by atoms with Gasteiger partial charge >= 0.3 is 0 Å². The van der Waals surface area contributed by atoms with Gasteiger partial charge in [-0.25, -0.2) is 15.0 Å². The quantitative estimate of drug-likeness (QED) is 0.356. The molecule has 4 aromatic rings. The summed E-state index contributed by atoms with van der Waals surface area (Å²) in [6, 6.07) is 17.4. The topological polar surface area (TPSA) is 89.8 Å². The van der Waals surface area contributed by atoms with E-state index in [9.17, 15) is 9.59 Å². The van der Waals surface area contributed by atoms with Gasteiger partial charge in [0.2, 0.25) is 5.91 Å². The third-order valence-corrected chi connectivity index (χ3v) is 5.70. The third kappa shape index (κ3) is 4.97. The Kier molecular flexibility index (Phi) is 6.37. The highest BCUT2D eigenvalue weighted by atomic mass is 32.2. The minimum Gasteiger partial charge on any atom is -0.325 e. The predicted molar refractivity (Wildman–Crippen MR) is 122 cm³/mol. The first-order chi connectivity index (χ1) is 15.1. The largest absolute Gasteiger partial charge is 0.325 e. The van der Waals surface area contributed by atoms with Gasteiger partial charge in [0.1, 0.15) is 0 Å². The van der Waals surface area contributed by atoms with Crippen LogP contribution in [0, 0.1) is 0 Å². The van der Waals surface area contributed by atoms with Crippen LogP contribution in [0.25, 0.3) is 11.2 Å². The number of aromatic nitrogens is 4. The van der Waals surface area contributed by atoms with Crippen LogP contribution in [0.4, 0.5) is 5.69 Å². The van der Waals surface area contributed by atoms with Crippen molar-refractivity contribution in [1.82, 2.24) is 19.5 Å². The van der Waals surface area contributed by atoms with Crippen LogP contribution in [0.2, 0.25) is 0 Å². The number of carbonyl (C=O) groups is 1. The fourth-order valence-corrected chi connectivity index (χ4v) is 3.88. The monoisotopic (exact) mass is 431 g/mol. The van der Waals surface area contributed by atoms with Gasteiger partial charge in [-0.2, -0.15) is 0 Å². The van der Waals surface area contributed by atoms with E-state index in [-0.39, 0.29) is 28.4 Å². The molecule has 1 N–H and O–H groups in total. The van der Waals surface area contributed by atoms with Gasteiger partial charge in [-0.05, 0) is 29.7 Å². The molecule has 0 aliphatic carbocycles. The maximum absolute atomic E-state index is 13.1. The van der Waals surface area contributed by atoms with Crippen molar-refractivity contribution >= 4 is 34.5 Å². The zero-order valence-electron chi connectivity index (χ0n) is 17.0. The number of amides is 1. The Bertz CT molecular complexity index is 1260. The van der Waals surface area contributed by atoms with E-state index in [0.29, 0.717) is 11.7 Å². The summed E-state index contributed by atoms with van der Waals surface area (Å²) in [5.74, 6) is -0.0586. The molecule has 8 heteroatoms. The van der Waals surface area contributed by atoms with Crippen molar-refractivity contribution in [2.45, 2.75) is 25.0 Å². The molecule has 1 amide bonds. The molecular formula is C23H21N5O2S. The molecule has 0 atom stereocenters. The van der Waals surface area contributed by atoms with Gasteiger partial charge in [-0.3, -0.25) is 14.2 Å². The van der Waals surface area contributed by atoms with E-state index in [1.165, 1.54) is 29.7 Å². The lowest BCUT2D eigenvalue weighted by molar-refractivity contribution is -0.113. The molecule has 7 nitrogen and oxygen atoms in total. The summed E-state index contributed by atoms with van der Waals surface area (Å²) in [4.78, 5) is 38.3. The number of benzene rings is 2. The first-order valence-electron chi connectivity index (χ1n) is 9.91. The van der Waals surface area contributed by atoms with Gasteiger partial charge < -0.3 is 5.32 Å². The smallest absolute Gasteiger partial charge is 0.282 e. The summed E-state index contributed by atoms with van der Waals surface area (Å²) in [5.41, 5.74) is 3.11. The molecule has 0 fully saturated rings. The minimum absolute atomic E-state index is 0.114. The fraction of sp³-hybridized carbons (Fsp3) is 0.174. The molecule has 0 unspecified atom stereocenters. The highest BCUT2D eigenvalue weighted by Gasteiger charge is 2.15. The third-order valence-electron chi connectivity index (χ3n) is 4.72. The highest BCUT2D eigenvalue weighted by molar-refractivity contribution is 7.99. The Balaban J connectivity index is 1.57. The van der Waals surface area contributed by atoms with Crippen molar-refractivity contribution in [1.29, 1.82) is 0 Å². The van der Waals surface area contributed by atoms with Crippen molar-refractivity contribution in [2.24, 2.45) is 0 Å². The van der Waals surface area contributed by atoms with Crippen molar-refractivity contribution in [2.75, 3.05) is 11.1 Å². The molecular weight excluding hydrogens is 410 g/mol. The minimum atomic E-state index is -0.278. The van der Waals surface area contributed by atoms with E-state index < -0.39 is 0 Å². The van der Waals surface area contributed by atoms with E-state index in [4.69, 9.17) is 0 Å². The predicted octanol–water partition coefficient (Wildman–Crippen LogP) is 3.53. The van der Waals surface area contributed by atoms with E-state index in [1.807, 2.05) is 54.6 Å². The van der Waals surface area contributed by atoms with E-state index in [1.54, 1.807) is 4.57 Å². The second kappa shape index (κ2) is 9.53. The van der Waals surface area contributed by atoms with Gasteiger partial charge in [-0.1, -0.05) is 61.2 Å². The Hall–Kier alpha value is -3.52. The molecule has 31 heavy (non-hydrogen) atoms. The Morgan fingerprint density at radius 2 is 1.74 bits per heavy atom. The maximum Gasteiger partial charge on any atom is 0.282 e. The Morgan fingerprint density at radius 1 is 1.00 bits per heavy atom. The number of hydrogen-bond acceptors (Lipinski definition) is 6. The van der Waals surface area contributed by atoms with Gasteiger partial charge in [0.25, 0.3) is 5.56 Å². The van der Waals surface area contributed by atoms with Crippen molar-refractivity contribution in [3.63, 3.8) is 0 Å². The normalized spacial score (nSPS) is 10.9. The highest BCUT2D eigenvalue weighted by Crippen LogP contribution is 2.18. The lowest BCUT2D eigenvalue weighted by Gasteiger charge is -2.12. The van der Waals surface area contributed by atoms with Crippen LogP contribution in [0.15, 0.2) is 76.9 Å². The van der Waals surface area contributed by atoms with Crippen LogP contribution in [-0.4, -0.2) is 31.2 Å². The molecule has 0 bridgehead atoms. The zero-order chi connectivity index (χ0) is 21.6. The van der Waals surface area contributed by atoms with Crippen molar-refractivity contribution < 1.29 is 4.79 Å². The number of nitrogens with zero attached hydrogens (tertiary/aromatic N) is 4. The zero-order valence-corrected chi connectivity index (χ0v) is 17.8. The van der Waals surface area contributed by atoms with Crippen LogP contribution < -0.4 is 10.9 Å². The molecule has 0 radical (unpaired) electrons. The summed E-state index contributed by atoms with van der Waals surface area (Å²) in [6.45, 7) is 2.42. The molecule has 0 saturated carbocycles. The number of aryl methyl sites for hydroxylation is 1. The number of nitrogens with one attached hydrogen (secondary N) is 1. The van der Waals surface area contributed by atoms with Crippen LogP contribution in [0.5, 0.6) is 0 Å². The molecule has 2 heterocycles. The average Bonchev–Trinajstić information content (AvgIpc) is 2.81. The molecule has 0 spiro atoms. The number of thioether (sulfide) groups is 1. The molecule has 0 aliphatic heterocycles. The van der Waals surface area contributed by atoms with Gasteiger partial charge in [-0.15, -0.1) is 0 Å². The summed E-state index contributed by atoms with van der Waals surface area (Å²) in [6.07, 6.45) is 3.92. The van der Waals surface area contributed by atoms with Crippen LogP contribution in [0.3, 0.4) is 0 Å². The first kappa shape index (κ1) is 20.7. The standard InChI is InChI=1S/C23H21N5O2S/c1-2-16-8-10-18(11-9-16)26-19(29)15-31-23-27-21-20(24-12-13-25-21)22(30)28(23)14-17-6-4-3-5-7-17/h3-13H,2,14-15H2,1H3,(H,26,29). The number of anilines is 1. The molecule has 0 saturated heterocycles. The van der Waals surface area contributed by atoms with Crippen LogP contribution in [0.1, 0.15) is 18.1 Å². The molecule has 156 valence electrons. The lowest BCUT2D eigenvalue weighted by atomic mass is 10.1. The average molecular weight is 432 g/mol. The van der Waals surface area contributed by atoms with E-state index in [0.717, 1.165) is 17.7 Å². The van der Waals surface area contributed by atoms with Gasteiger partial charge in [0.05, 0.1) is 12.3 Å². The van der Waals surface area contributed by atoms with Crippen LogP contribution in [-0.2, 0) is 17.8 Å². The first-order valence-corrected chi connectivity index (χ1v) is 10.9. The van der Waals surface area contributed by atoms with Crippen LogP contribution >= 0.6 is 11.8 Å².